The van der Waals surface area contributed by atoms with E-state index in [1.54, 1.807) is 0 Å². The highest BCUT2D eigenvalue weighted by Gasteiger charge is 2.18. The molecule has 4 nitrogen and oxygen atoms in total. The number of unbranched alkanes of at least 4 members (excludes halogenated alkanes) is 1. The Morgan fingerprint density at radius 2 is 1.96 bits per heavy atom. The van der Waals surface area contributed by atoms with Gasteiger partial charge < -0.3 is 4.57 Å². The lowest BCUT2D eigenvalue weighted by Crippen LogP contribution is -2.03. The quantitative estimate of drug-likeness (QED) is 0.683. The maximum absolute atomic E-state index is 6.29. The minimum absolute atomic E-state index is 0.584. The van der Waals surface area contributed by atoms with Gasteiger partial charge >= 0.3 is 0 Å². The molecule has 0 unspecified atom stereocenters. The first-order chi connectivity index (χ1) is 11.1. The highest BCUT2D eigenvalue weighted by atomic mass is 35.5. The smallest absolute Gasteiger partial charge is 0.150 e. The van der Waals surface area contributed by atoms with E-state index in [9.17, 15) is 0 Å². The summed E-state index contributed by atoms with van der Waals surface area (Å²) in [5, 5.41) is 8.85. The van der Waals surface area contributed by atoms with E-state index >= 15 is 0 Å². The van der Waals surface area contributed by atoms with Crippen LogP contribution >= 0.6 is 11.6 Å². The number of aromatic amines is 1. The molecular weight excluding hydrogens is 308 g/mol. The number of nitrogens with one attached hydrogen (secondary N) is 1. The molecule has 124 valence electrons. The Labute approximate surface area is 142 Å². The van der Waals surface area contributed by atoms with Crippen LogP contribution in [0.2, 0.25) is 5.15 Å². The first kappa shape index (κ1) is 17.5. The lowest BCUT2D eigenvalue weighted by atomic mass is 10.0. The van der Waals surface area contributed by atoms with E-state index in [-0.39, 0.29) is 0 Å². The van der Waals surface area contributed by atoms with Gasteiger partial charge in [0.1, 0.15) is 5.82 Å². The molecule has 2 aromatic heterocycles. The number of imidazole rings is 1. The van der Waals surface area contributed by atoms with Gasteiger partial charge in [0.25, 0.3) is 0 Å². The highest BCUT2D eigenvalue weighted by molar-refractivity contribution is 6.30. The Morgan fingerprint density at radius 3 is 2.65 bits per heavy atom. The SMILES string of the molecule is CC.CCCCn1c(-c2c(C)ccc3[nH]ncc23)nc(Cl)c1C. The van der Waals surface area contributed by atoms with E-state index in [0.717, 1.165) is 47.4 Å². The second-order valence-corrected chi connectivity index (χ2v) is 5.76. The number of fused-ring (bicyclic) bond motifs is 1. The molecule has 0 aliphatic heterocycles. The number of rotatable bonds is 4. The Balaban J connectivity index is 0.000000924. The number of hydrogen-bond acceptors (Lipinski definition) is 2. The van der Waals surface area contributed by atoms with Crippen LogP contribution < -0.4 is 0 Å². The number of hydrogen-bond donors (Lipinski definition) is 1. The van der Waals surface area contributed by atoms with Crippen LogP contribution in [0.1, 0.15) is 44.9 Å². The molecule has 23 heavy (non-hydrogen) atoms. The van der Waals surface area contributed by atoms with Gasteiger partial charge in [0.2, 0.25) is 0 Å². The molecule has 0 aliphatic rings. The van der Waals surface area contributed by atoms with Crippen molar-refractivity contribution < 1.29 is 0 Å². The molecule has 5 heteroatoms. The lowest BCUT2D eigenvalue weighted by Gasteiger charge is -2.12. The topological polar surface area (TPSA) is 46.5 Å². The molecular formula is C18H25ClN4. The van der Waals surface area contributed by atoms with Crippen molar-refractivity contribution in [3.63, 3.8) is 0 Å². The normalized spacial score (nSPS) is 10.7. The van der Waals surface area contributed by atoms with E-state index in [4.69, 9.17) is 11.6 Å². The summed E-state index contributed by atoms with van der Waals surface area (Å²) in [7, 11) is 0. The molecule has 2 heterocycles. The number of aryl methyl sites for hydroxylation is 1. The molecule has 1 aromatic carbocycles. The molecule has 0 saturated carbocycles. The number of halogens is 1. The van der Waals surface area contributed by atoms with Gasteiger partial charge in [-0.15, -0.1) is 0 Å². The third-order valence-electron chi connectivity index (χ3n) is 3.95. The van der Waals surface area contributed by atoms with Crippen molar-refractivity contribution in [3.8, 4) is 11.4 Å². The molecule has 0 aliphatic carbocycles. The largest absolute Gasteiger partial charge is 0.327 e. The fourth-order valence-corrected chi connectivity index (χ4v) is 2.89. The standard InChI is InChI=1S/C16H19ClN4.C2H6/c1-4-5-8-21-11(3)15(17)19-16(21)14-10(2)6-7-13-12(14)9-18-20-13;1-2/h6-7,9H,4-5,8H2,1-3H3,(H,18,20);1-2H3. The predicted octanol–water partition coefficient (Wildman–Crippen LogP) is 5.52. The van der Waals surface area contributed by atoms with Crippen LogP contribution in [-0.4, -0.2) is 19.7 Å². The van der Waals surface area contributed by atoms with Crippen LogP contribution in [0.5, 0.6) is 0 Å². The zero-order valence-corrected chi connectivity index (χ0v) is 15.3. The fourth-order valence-electron chi connectivity index (χ4n) is 2.71. The van der Waals surface area contributed by atoms with E-state index in [1.165, 1.54) is 5.56 Å². The summed E-state index contributed by atoms with van der Waals surface area (Å²) in [4.78, 5) is 4.61. The van der Waals surface area contributed by atoms with Crippen LogP contribution in [0, 0.1) is 13.8 Å². The van der Waals surface area contributed by atoms with Crippen molar-refractivity contribution in [3.05, 3.63) is 34.7 Å². The molecule has 3 aromatic rings. The molecule has 1 N–H and O–H groups in total. The van der Waals surface area contributed by atoms with Gasteiger partial charge in [-0.3, -0.25) is 5.10 Å². The van der Waals surface area contributed by atoms with Crippen LogP contribution in [-0.2, 0) is 6.54 Å². The predicted molar refractivity (Wildman–Crippen MR) is 98.1 cm³/mol. The van der Waals surface area contributed by atoms with E-state index in [2.05, 4.69) is 45.7 Å². The van der Waals surface area contributed by atoms with Gasteiger partial charge in [0.15, 0.2) is 5.15 Å². The summed E-state index contributed by atoms with van der Waals surface area (Å²) in [5.41, 5.74) is 4.35. The monoisotopic (exact) mass is 332 g/mol. The Morgan fingerprint density at radius 1 is 1.22 bits per heavy atom. The number of nitrogens with zero attached hydrogens (tertiary/aromatic N) is 3. The first-order valence-electron chi connectivity index (χ1n) is 8.29. The molecule has 0 saturated heterocycles. The van der Waals surface area contributed by atoms with Gasteiger partial charge in [-0.2, -0.15) is 5.10 Å². The highest BCUT2D eigenvalue weighted by Crippen LogP contribution is 2.33. The molecule has 0 radical (unpaired) electrons. The van der Waals surface area contributed by atoms with Crippen LogP contribution in [0.4, 0.5) is 0 Å². The van der Waals surface area contributed by atoms with Crippen molar-refractivity contribution >= 4 is 22.5 Å². The summed E-state index contributed by atoms with van der Waals surface area (Å²) < 4.78 is 2.22. The van der Waals surface area contributed by atoms with Crippen molar-refractivity contribution in [2.75, 3.05) is 0 Å². The third-order valence-corrected chi connectivity index (χ3v) is 4.31. The van der Waals surface area contributed by atoms with Gasteiger partial charge in [0, 0.05) is 17.5 Å². The second-order valence-electron chi connectivity index (χ2n) is 5.41. The molecule has 0 fully saturated rings. The minimum atomic E-state index is 0.584. The zero-order valence-electron chi connectivity index (χ0n) is 14.6. The molecule has 0 atom stereocenters. The van der Waals surface area contributed by atoms with Crippen molar-refractivity contribution in [1.82, 2.24) is 19.7 Å². The van der Waals surface area contributed by atoms with Gasteiger partial charge in [-0.25, -0.2) is 4.98 Å². The number of benzene rings is 1. The maximum Gasteiger partial charge on any atom is 0.150 e. The Bertz CT molecular complexity index is 786. The van der Waals surface area contributed by atoms with Gasteiger partial charge in [-0.05, 0) is 31.9 Å². The van der Waals surface area contributed by atoms with Crippen molar-refractivity contribution in [2.45, 2.75) is 54.0 Å². The van der Waals surface area contributed by atoms with E-state index in [1.807, 2.05) is 27.0 Å². The van der Waals surface area contributed by atoms with Crippen LogP contribution in [0.3, 0.4) is 0 Å². The number of H-pyrrole nitrogens is 1. The van der Waals surface area contributed by atoms with E-state index in [0.29, 0.717) is 5.15 Å². The third kappa shape index (κ3) is 3.27. The average molecular weight is 333 g/mol. The molecule has 0 spiro atoms. The lowest BCUT2D eigenvalue weighted by molar-refractivity contribution is 0.625. The fraction of sp³-hybridized carbons (Fsp3) is 0.444. The van der Waals surface area contributed by atoms with Gasteiger partial charge in [-0.1, -0.05) is 44.9 Å². The summed E-state index contributed by atoms with van der Waals surface area (Å²) >= 11 is 6.29. The van der Waals surface area contributed by atoms with E-state index < -0.39 is 0 Å². The van der Waals surface area contributed by atoms with Crippen molar-refractivity contribution in [1.29, 1.82) is 0 Å². The molecule has 0 amide bonds. The Kier molecular flexibility index (Phi) is 5.83. The second kappa shape index (κ2) is 7.64. The summed E-state index contributed by atoms with van der Waals surface area (Å²) in [6.45, 7) is 11.3. The van der Waals surface area contributed by atoms with Gasteiger partial charge in [0.05, 0.1) is 17.4 Å². The number of aromatic nitrogens is 4. The maximum atomic E-state index is 6.29. The summed E-state index contributed by atoms with van der Waals surface area (Å²) in [6, 6.07) is 4.15. The summed E-state index contributed by atoms with van der Waals surface area (Å²) in [5.74, 6) is 0.940. The zero-order chi connectivity index (χ0) is 17.0. The van der Waals surface area contributed by atoms with Crippen LogP contribution in [0.15, 0.2) is 18.3 Å². The average Bonchev–Trinajstić information content (AvgIpc) is 3.13. The molecule has 3 rings (SSSR count). The first-order valence-corrected chi connectivity index (χ1v) is 8.67. The van der Waals surface area contributed by atoms with Crippen molar-refractivity contribution in [2.24, 2.45) is 0 Å². The Hall–Kier alpha value is -1.81. The molecule has 0 bridgehead atoms. The van der Waals surface area contributed by atoms with Crippen LogP contribution in [0.25, 0.3) is 22.3 Å². The minimum Gasteiger partial charge on any atom is -0.327 e. The summed E-state index contributed by atoms with van der Waals surface area (Å²) in [6.07, 6.45) is 4.12.